The maximum absolute atomic E-state index is 4.68. The Kier molecular flexibility index (Phi) is 4.76. The Bertz CT molecular complexity index is 830. The fourth-order valence-electron chi connectivity index (χ4n) is 4.15. The van der Waals surface area contributed by atoms with E-state index in [0.29, 0.717) is 12.0 Å². The van der Waals surface area contributed by atoms with Gasteiger partial charge in [-0.15, -0.1) is 0 Å². The lowest BCUT2D eigenvalue weighted by atomic mass is 9.85. The molecule has 2 atom stereocenters. The molecule has 0 amide bonds. The second-order valence-corrected chi connectivity index (χ2v) is 7.68. The van der Waals surface area contributed by atoms with E-state index in [9.17, 15) is 0 Å². The van der Waals surface area contributed by atoms with Crippen molar-refractivity contribution in [1.82, 2.24) is 20.2 Å². The quantitative estimate of drug-likeness (QED) is 0.867. The summed E-state index contributed by atoms with van der Waals surface area (Å²) in [4.78, 5) is 16.4. The normalized spacial score (nSPS) is 24.2. The van der Waals surface area contributed by atoms with E-state index in [4.69, 9.17) is 0 Å². The van der Waals surface area contributed by atoms with E-state index >= 15 is 0 Å². The maximum atomic E-state index is 4.68. The highest BCUT2D eigenvalue weighted by molar-refractivity contribution is 5.93. The number of aryl methyl sites for hydroxylation is 2. The molecule has 0 unspecified atom stereocenters. The molecule has 138 valence electrons. The lowest BCUT2D eigenvalue weighted by Gasteiger charge is -2.39. The number of nitrogens with one attached hydrogen (secondary N) is 2. The van der Waals surface area contributed by atoms with E-state index in [0.717, 1.165) is 41.8 Å². The molecule has 6 nitrogen and oxygen atoms in total. The number of guanidine groups is 1. The highest BCUT2D eigenvalue weighted by Gasteiger charge is 2.28. The molecule has 1 saturated carbocycles. The minimum Gasteiger partial charge on any atom is -0.343 e. The van der Waals surface area contributed by atoms with Crippen molar-refractivity contribution in [2.24, 2.45) is 10.9 Å². The van der Waals surface area contributed by atoms with Gasteiger partial charge in [0.2, 0.25) is 11.9 Å². The molecule has 0 bridgehead atoms. The minimum absolute atomic E-state index is 0.601. The number of rotatable bonds is 2. The van der Waals surface area contributed by atoms with Gasteiger partial charge >= 0.3 is 0 Å². The summed E-state index contributed by atoms with van der Waals surface area (Å²) in [5, 5.41) is 7.75. The van der Waals surface area contributed by atoms with Crippen LogP contribution in [0, 0.1) is 19.8 Å². The fraction of sp³-hybridized carbons (Fsp3) is 0.550. The molecule has 2 aliphatic rings. The molecule has 2 N–H and O–H groups in total. The summed E-state index contributed by atoms with van der Waals surface area (Å²) < 4.78 is 0. The molecule has 0 saturated heterocycles. The van der Waals surface area contributed by atoms with E-state index in [-0.39, 0.29) is 0 Å². The Morgan fingerprint density at radius 1 is 1.15 bits per heavy atom. The first-order valence-corrected chi connectivity index (χ1v) is 9.64. The van der Waals surface area contributed by atoms with Crippen molar-refractivity contribution in [2.75, 3.05) is 18.7 Å². The summed E-state index contributed by atoms with van der Waals surface area (Å²) >= 11 is 0. The van der Waals surface area contributed by atoms with E-state index in [1.165, 1.54) is 31.2 Å². The van der Waals surface area contributed by atoms with Gasteiger partial charge in [0, 0.05) is 11.4 Å². The zero-order valence-electron chi connectivity index (χ0n) is 15.9. The molecule has 1 aliphatic heterocycles. The van der Waals surface area contributed by atoms with Crippen LogP contribution in [-0.2, 0) is 0 Å². The smallest absolute Gasteiger partial charge is 0.230 e. The number of fused-ring (bicyclic) bond motifs is 1. The highest BCUT2D eigenvalue weighted by atomic mass is 15.4. The number of benzene rings is 1. The number of hydrogen-bond donors (Lipinski definition) is 2. The van der Waals surface area contributed by atoms with Crippen LogP contribution in [0.25, 0.3) is 10.9 Å². The predicted octanol–water partition coefficient (Wildman–Crippen LogP) is 3.41. The van der Waals surface area contributed by atoms with Crippen LogP contribution in [0.15, 0.2) is 23.2 Å². The zero-order valence-corrected chi connectivity index (χ0v) is 15.9. The topological polar surface area (TPSA) is 65.4 Å². The average Bonchev–Trinajstić information content (AvgIpc) is 2.64. The van der Waals surface area contributed by atoms with E-state index in [2.05, 4.69) is 56.5 Å². The number of aromatic nitrogens is 2. The lowest BCUT2D eigenvalue weighted by Crippen LogP contribution is -2.52. The second-order valence-electron chi connectivity index (χ2n) is 7.68. The molecule has 1 aliphatic carbocycles. The van der Waals surface area contributed by atoms with Gasteiger partial charge < -0.3 is 5.32 Å². The van der Waals surface area contributed by atoms with E-state index in [1.54, 1.807) is 0 Å². The van der Waals surface area contributed by atoms with E-state index in [1.807, 2.05) is 13.0 Å². The summed E-state index contributed by atoms with van der Waals surface area (Å²) in [5.41, 5.74) is 3.16. The number of aliphatic imine (C=N–C) groups is 1. The first kappa shape index (κ1) is 17.2. The summed E-state index contributed by atoms with van der Waals surface area (Å²) in [6, 6.07) is 6.91. The Balaban J connectivity index is 1.46. The molecule has 2 aromatic rings. The van der Waals surface area contributed by atoms with Crippen molar-refractivity contribution < 1.29 is 0 Å². The van der Waals surface area contributed by atoms with Crippen molar-refractivity contribution in [3.63, 3.8) is 0 Å². The van der Waals surface area contributed by atoms with Gasteiger partial charge in [0.15, 0.2) is 0 Å². The van der Waals surface area contributed by atoms with Crippen LogP contribution in [0.2, 0.25) is 0 Å². The molecule has 2 heterocycles. The van der Waals surface area contributed by atoms with Gasteiger partial charge in [-0.05, 0) is 44.7 Å². The van der Waals surface area contributed by atoms with Crippen LogP contribution in [0.5, 0.6) is 0 Å². The summed E-state index contributed by atoms with van der Waals surface area (Å²) in [6.07, 6.45) is 5.32. The van der Waals surface area contributed by atoms with Gasteiger partial charge in [-0.25, -0.2) is 15.0 Å². The van der Waals surface area contributed by atoms with Gasteiger partial charge in [0.05, 0.1) is 24.5 Å². The van der Waals surface area contributed by atoms with Gasteiger partial charge in [0.25, 0.3) is 0 Å². The molecule has 1 aromatic carbocycles. The van der Waals surface area contributed by atoms with Crippen LogP contribution in [-0.4, -0.2) is 40.2 Å². The molecule has 6 heteroatoms. The monoisotopic (exact) mass is 352 g/mol. The van der Waals surface area contributed by atoms with Gasteiger partial charge in [-0.2, -0.15) is 0 Å². The third kappa shape index (κ3) is 3.51. The Morgan fingerprint density at radius 3 is 2.77 bits per heavy atom. The summed E-state index contributed by atoms with van der Waals surface area (Å²) in [6.45, 7) is 8.04. The fourth-order valence-corrected chi connectivity index (χ4v) is 4.15. The maximum Gasteiger partial charge on any atom is 0.230 e. The lowest BCUT2D eigenvalue weighted by molar-refractivity contribution is 0.107. The average molecular weight is 352 g/mol. The Morgan fingerprint density at radius 2 is 2.00 bits per heavy atom. The van der Waals surface area contributed by atoms with Crippen LogP contribution in [0.3, 0.4) is 0 Å². The van der Waals surface area contributed by atoms with Gasteiger partial charge in [-0.1, -0.05) is 31.4 Å². The number of anilines is 1. The van der Waals surface area contributed by atoms with Crippen molar-refractivity contribution in [1.29, 1.82) is 0 Å². The summed E-state index contributed by atoms with van der Waals surface area (Å²) in [7, 11) is 0. The third-order valence-electron chi connectivity index (χ3n) is 5.67. The molecule has 0 radical (unpaired) electrons. The molecular weight excluding hydrogens is 324 g/mol. The van der Waals surface area contributed by atoms with Crippen molar-refractivity contribution >= 4 is 22.8 Å². The van der Waals surface area contributed by atoms with Crippen LogP contribution >= 0.6 is 0 Å². The number of hydrogen-bond acceptors (Lipinski definition) is 6. The molecule has 4 rings (SSSR count). The van der Waals surface area contributed by atoms with Crippen molar-refractivity contribution in [3.05, 3.63) is 29.5 Å². The Hall–Kier alpha value is -2.21. The first-order valence-electron chi connectivity index (χ1n) is 9.64. The third-order valence-corrected chi connectivity index (χ3v) is 5.67. The number of nitrogens with zero attached hydrogens (tertiary/aromatic N) is 4. The molecule has 1 aromatic heterocycles. The first-order chi connectivity index (χ1) is 12.6. The molecule has 0 spiro atoms. The largest absolute Gasteiger partial charge is 0.343 e. The van der Waals surface area contributed by atoms with Gasteiger partial charge in [0.1, 0.15) is 0 Å². The predicted molar refractivity (Wildman–Crippen MR) is 106 cm³/mol. The minimum atomic E-state index is 0.601. The Labute approximate surface area is 155 Å². The standard InChI is InChI=1S/C20H28N6/c1-13-8-9-17-16(10-13)15(3)23-20(24-17)25-19-21-11-26(12-22-19)18-7-5-4-6-14(18)2/h8-10,14,18H,4-7,11-12H2,1-3H3,(H2,21,22,23,24,25)/t14-,18-/m1/s1. The van der Waals surface area contributed by atoms with Crippen molar-refractivity contribution in [3.8, 4) is 0 Å². The van der Waals surface area contributed by atoms with Crippen molar-refractivity contribution in [2.45, 2.75) is 52.5 Å². The van der Waals surface area contributed by atoms with Crippen LogP contribution in [0.4, 0.5) is 5.95 Å². The van der Waals surface area contributed by atoms with E-state index < -0.39 is 0 Å². The molecular formula is C20H28N6. The summed E-state index contributed by atoms with van der Waals surface area (Å²) in [5.74, 6) is 2.12. The SMILES string of the molecule is Cc1ccc2nc(NC3=NCN([C@@H]4CCCC[C@H]4C)CN3)nc(C)c2c1. The zero-order chi connectivity index (χ0) is 18.1. The van der Waals surface area contributed by atoms with Crippen LogP contribution < -0.4 is 10.6 Å². The van der Waals surface area contributed by atoms with Crippen LogP contribution in [0.1, 0.15) is 43.9 Å². The highest BCUT2D eigenvalue weighted by Crippen LogP contribution is 2.28. The molecule has 26 heavy (non-hydrogen) atoms. The second kappa shape index (κ2) is 7.19. The van der Waals surface area contributed by atoms with Gasteiger partial charge in [-0.3, -0.25) is 10.2 Å². The molecule has 1 fully saturated rings.